The summed E-state index contributed by atoms with van der Waals surface area (Å²) >= 11 is 0. The van der Waals surface area contributed by atoms with E-state index in [2.05, 4.69) is 31.0 Å². The van der Waals surface area contributed by atoms with Crippen molar-refractivity contribution in [1.29, 1.82) is 0 Å². The summed E-state index contributed by atoms with van der Waals surface area (Å²) in [5.74, 6) is -0.759. The zero-order valence-electron chi connectivity index (χ0n) is 14.0. The first-order valence-electron chi connectivity index (χ1n) is 8.07. The Morgan fingerprint density at radius 1 is 1.25 bits per heavy atom. The van der Waals surface area contributed by atoms with Crippen molar-refractivity contribution in [3.05, 3.63) is 0 Å². The average molecular weight is 286 g/mol. The van der Waals surface area contributed by atoms with Crippen LogP contribution >= 0.6 is 0 Å². The number of hydrogen-bond donors (Lipinski definition) is 2. The van der Waals surface area contributed by atoms with Crippen molar-refractivity contribution in [1.82, 2.24) is 10.2 Å². The number of nitrogens with zero attached hydrogens (tertiary/aromatic N) is 1. The van der Waals surface area contributed by atoms with E-state index in [1.807, 2.05) is 0 Å². The topological polar surface area (TPSA) is 52.6 Å². The van der Waals surface area contributed by atoms with Gasteiger partial charge in [0.2, 0.25) is 0 Å². The van der Waals surface area contributed by atoms with Gasteiger partial charge in [-0.05, 0) is 66.1 Å². The molecule has 0 bridgehead atoms. The van der Waals surface area contributed by atoms with Crippen LogP contribution in [0.4, 0.5) is 0 Å². The van der Waals surface area contributed by atoms with Gasteiger partial charge in [-0.3, -0.25) is 4.79 Å². The predicted octanol–water partition coefficient (Wildman–Crippen LogP) is 3.12. The highest BCUT2D eigenvalue weighted by molar-refractivity contribution is 5.78. The Hall–Kier alpha value is -0.610. The molecule has 0 saturated heterocycles. The maximum atomic E-state index is 11.2. The summed E-state index contributed by atoms with van der Waals surface area (Å²) in [6.07, 6.45) is 6.34. The van der Waals surface area contributed by atoms with Crippen LogP contribution in [0.25, 0.3) is 0 Å². The van der Waals surface area contributed by atoms with Crippen LogP contribution in [0.1, 0.15) is 66.2 Å². The quantitative estimate of drug-likeness (QED) is 0.541. The SMILES string of the molecule is CCCCN(CCCCC(C)(NC)C(=O)O)C(C)CC. The molecule has 2 unspecified atom stereocenters. The van der Waals surface area contributed by atoms with Crippen molar-refractivity contribution < 1.29 is 9.90 Å². The third kappa shape index (κ3) is 6.71. The second kappa shape index (κ2) is 10.2. The van der Waals surface area contributed by atoms with E-state index in [1.54, 1.807) is 14.0 Å². The van der Waals surface area contributed by atoms with Crippen molar-refractivity contribution in [3.63, 3.8) is 0 Å². The van der Waals surface area contributed by atoms with Crippen LogP contribution in [0.2, 0.25) is 0 Å². The molecule has 4 nitrogen and oxygen atoms in total. The van der Waals surface area contributed by atoms with Crippen LogP contribution in [0.15, 0.2) is 0 Å². The lowest BCUT2D eigenvalue weighted by Crippen LogP contribution is -2.47. The zero-order chi connectivity index (χ0) is 15.6. The number of hydrogen-bond acceptors (Lipinski definition) is 3. The van der Waals surface area contributed by atoms with E-state index >= 15 is 0 Å². The fourth-order valence-electron chi connectivity index (χ4n) is 2.30. The van der Waals surface area contributed by atoms with E-state index in [1.165, 1.54) is 19.3 Å². The van der Waals surface area contributed by atoms with Crippen LogP contribution in [0.5, 0.6) is 0 Å². The van der Waals surface area contributed by atoms with Gasteiger partial charge in [0.25, 0.3) is 0 Å². The molecule has 0 rings (SSSR count). The Morgan fingerprint density at radius 2 is 1.85 bits per heavy atom. The Labute approximate surface area is 124 Å². The van der Waals surface area contributed by atoms with Crippen LogP contribution in [0, 0.1) is 0 Å². The molecule has 0 aliphatic heterocycles. The number of carboxylic acids is 1. The predicted molar refractivity (Wildman–Crippen MR) is 85.2 cm³/mol. The largest absolute Gasteiger partial charge is 0.480 e. The molecule has 0 radical (unpaired) electrons. The van der Waals surface area contributed by atoms with Gasteiger partial charge >= 0.3 is 5.97 Å². The van der Waals surface area contributed by atoms with Gasteiger partial charge in [0.1, 0.15) is 5.54 Å². The summed E-state index contributed by atoms with van der Waals surface area (Å²) in [5.41, 5.74) is -0.787. The molecule has 0 saturated carbocycles. The first-order valence-corrected chi connectivity index (χ1v) is 8.07. The molecule has 0 spiro atoms. The fraction of sp³-hybridized carbons (Fsp3) is 0.938. The van der Waals surface area contributed by atoms with Crippen LogP contribution < -0.4 is 5.32 Å². The van der Waals surface area contributed by atoms with E-state index < -0.39 is 11.5 Å². The monoisotopic (exact) mass is 286 g/mol. The zero-order valence-corrected chi connectivity index (χ0v) is 14.0. The number of rotatable bonds is 12. The van der Waals surface area contributed by atoms with E-state index in [0.717, 1.165) is 25.9 Å². The summed E-state index contributed by atoms with van der Waals surface area (Å²) in [5, 5.41) is 12.1. The number of likely N-dealkylation sites (N-methyl/N-ethyl adjacent to an activating group) is 1. The van der Waals surface area contributed by atoms with Crippen molar-refractivity contribution in [3.8, 4) is 0 Å². The Balaban J connectivity index is 4.13. The van der Waals surface area contributed by atoms with Gasteiger partial charge in [-0.15, -0.1) is 0 Å². The molecule has 0 heterocycles. The normalized spacial score (nSPS) is 16.1. The first kappa shape index (κ1) is 19.4. The van der Waals surface area contributed by atoms with Crippen LogP contribution in [0.3, 0.4) is 0 Å². The van der Waals surface area contributed by atoms with E-state index in [4.69, 9.17) is 0 Å². The molecule has 0 amide bonds. The molecule has 0 fully saturated rings. The van der Waals surface area contributed by atoms with Gasteiger partial charge in [0.15, 0.2) is 0 Å². The minimum atomic E-state index is -0.787. The fourth-order valence-corrected chi connectivity index (χ4v) is 2.30. The number of carbonyl (C=O) groups is 1. The van der Waals surface area contributed by atoms with E-state index in [0.29, 0.717) is 12.5 Å². The second-order valence-corrected chi connectivity index (χ2v) is 5.99. The number of nitrogens with one attached hydrogen (secondary N) is 1. The molecule has 0 aliphatic rings. The third-order valence-electron chi connectivity index (χ3n) is 4.41. The van der Waals surface area contributed by atoms with Gasteiger partial charge in [-0.25, -0.2) is 0 Å². The second-order valence-electron chi connectivity index (χ2n) is 5.99. The average Bonchev–Trinajstić information content (AvgIpc) is 2.45. The molecule has 4 heteroatoms. The Kier molecular flexibility index (Phi) is 9.86. The van der Waals surface area contributed by atoms with Gasteiger partial charge in [0.05, 0.1) is 0 Å². The molecule has 20 heavy (non-hydrogen) atoms. The van der Waals surface area contributed by atoms with Gasteiger partial charge in [-0.1, -0.05) is 20.3 Å². The standard InChI is InChI=1S/C16H34N2O2/c1-6-8-12-18(14(3)7-2)13-10-9-11-16(4,17-5)15(19)20/h14,17H,6-13H2,1-5H3,(H,19,20). The minimum absolute atomic E-state index is 0.622. The molecular weight excluding hydrogens is 252 g/mol. The lowest BCUT2D eigenvalue weighted by molar-refractivity contribution is -0.144. The minimum Gasteiger partial charge on any atom is -0.480 e. The molecule has 2 N–H and O–H groups in total. The molecule has 2 atom stereocenters. The van der Waals surface area contributed by atoms with E-state index in [-0.39, 0.29) is 0 Å². The van der Waals surface area contributed by atoms with Crippen molar-refractivity contribution >= 4 is 5.97 Å². The maximum Gasteiger partial charge on any atom is 0.323 e. The highest BCUT2D eigenvalue weighted by Gasteiger charge is 2.30. The number of aliphatic carboxylic acids is 1. The Bertz CT molecular complexity index is 271. The van der Waals surface area contributed by atoms with Gasteiger partial charge in [0, 0.05) is 6.04 Å². The highest BCUT2D eigenvalue weighted by atomic mass is 16.4. The number of unbranched alkanes of at least 4 members (excludes halogenated alkanes) is 2. The van der Waals surface area contributed by atoms with Gasteiger partial charge < -0.3 is 15.3 Å². The molecule has 0 aromatic rings. The third-order valence-corrected chi connectivity index (χ3v) is 4.41. The Morgan fingerprint density at radius 3 is 2.30 bits per heavy atom. The summed E-state index contributed by atoms with van der Waals surface area (Å²) in [7, 11) is 1.72. The highest BCUT2D eigenvalue weighted by Crippen LogP contribution is 2.15. The summed E-state index contributed by atoms with van der Waals surface area (Å²) < 4.78 is 0. The lowest BCUT2D eigenvalue weighted by Gasteiger charge is -2.29. The summed E-state index contributed by atoms with van der Waals surface area (Å²) in [6, 6.07) is 0.622. The van der Waals surface area contributed by atoms with Crippen molar-refractivity contribution in [2.45, 2.75) is 77.8 Å². The molecule has 0 aromatic carbocycles. The maximum absolute atomic E-state index is 11.2. The molecular formula is C16H34N2O2. The summed E-state index contributed by atoms with van der Waals surface area (Å²) in [6.45, 7) is 10.7. The van der Waals surface area contributed by atoms with Gasteiger partial charge in [-0.2, -0.15) is 0 Å². The van der Waals surface area contributed by atoms with Crippen LogP contribution in [-0.2, 0) is 4.79 Å². The van der Waals surface area contributed by atoms with E-state index in [9.17, 15) is 9.90 Å². The smallest absolute Gasteiger partial charge is 0.323 e. The molecule has 0 aliphatic carbocycles. The number of carboxylic acid groups (broad SMARTS) is 1. The lowest BCUT2D eigenvalue weighted by atomic mass is 9.95. The summed E-state index contributed by atoms with van der Waals surface area (Å²) in [4.78, 5) is 13.7. The first-order chi connectivity index (χ1) is 9.41. The van der Waals surface area contributed by atoms with Crippen molar-refractivity contribution in [2.75, 3.05) is 20.1 Å². The van der Waals surface area contributed by atoms with Crippen LogP contribution in [-0.4, -0.2) is 47.7 Å². The molecule has 120 valence electrons. The van der Waals surface area contributed by atoms with Crippen molar-refractivity contribution in [2.24, 2.45) is 0 Å². The molecule has 0 aromatic heterocycles.